The number of carbonyl (C=O) groups excluding carboxylic acids is 2. The number of likely N-dealkylation sites (N-methyl/N-ethyl adjacent to an activating group) is 1. The summed E-state index contributed by atoms with van der Waals surface area (Å²) in [6, 6.07) is 4.91. The van der Waals surface area contributed by atoms with Crippen LogP contribution in [0.4, 0.5) is 11.4 Å². The topological polar surface area (TPSA) is 61.4 Å². The molecule has 0 radical (unpaired) electrons. The van der Waals surface area contributed by atoms with Gasteiger partial charge in [-0.1, -0.05) is 11.6 Å². The van der Waals surface area contributed by atoms with Gasteiger partial charge in [-0.25, -0.2) is 0 Å². The number of anilines is 2. The minimum Gasteiger partial charge on any atom is -0.325 e. The van der Waals surface area contributed by atoms with Crippen molar-refractivity contribution in [3.63, 3.8) is 0 Å². The Bertz CT molecular complexity index is 533. The van der Waals surface area contributed by atoms with Crippen molar-refractivity contribution in [1.82, 2.24) is 5.32 Å². The van der Waals surface area contributed by atoms with Crippen LogP contribution in [-0.2, 0) is 9.59 Å². The number of hydrogen-bond donors (Lipinski definition) is 2. The van der Waals surface area contributed by atoms with Crippen LogP contribution in [0.1, 0.15) is 19.8 Å². The molecule has 1 aliphatic heterocycles. The number of hydrogen-bond acceptors (Lipinski definition) is 3. The normalized spacial score (nSPS) is 16.4. The summed E-state index contributed by atoms with van der Waals surface area (Å²) in [7, 11) is 1.72. The number of carbonyl (C=O) groups is 2. The average Bonchev–Trinajstić information content (AvgIpc) is 2.84. The molecule has 0 spiro atoms. The third-order valence-corrected chi connectivity index (χ3v) is 3.71. The lowest BCUT2D eigenvalue weighted by atomic mass is 10.2. The molecule has 1 aliphatic rings. The number of nitrogens with one attached hydrogen (secondary N) is 2. The van der Waals surface area contributed by atoms with Crippen LogP contribution < -0.4 is 15.5 Å². The molecule has 1 heterocycles. The van der Waals surface area contributed by atoms with Crippen LogP contribution >= 0.6 is 11.6 Å². The fourth-order valence-electron chi connectivity index (χ4n) is 2.09. The van der Waals surface area contributed by atoms with E-state index in [2.05, 4.69) is 10.6 Å². The van der Waals surface area contributed by atoms with E-state index < -0.39 is 0 Å². The zero-order valence-corrected chi connectivity index (χ0v) is 12.3. The largest absolute Gasteiger partial charge is 0.325 e. The lowest BCUT2D eigenvalue weighted by Gasteiger charge is -2.18. The van der Waals surface area contributed by atoms with E-state index in [-0.39, 0.29) is 17.9 Å². The van der Waals surface area contributed by atoms with Crippen molar-refractivity contribution in [2.75, 3.05) is 23.8 Å². The first-order chi connectivity index (χ1) is 9.52. The van der Waals surface area contributed by atoms with Crippen molar-refractivity contribution in [3.05, 3.63) is 23.2 Å². The van der Waals surface area contributed by atoms with Crippen LogP contribution in [0.5, 0.6) is 0 Å². The molecule has 2 N–H and O–H groups in total. The Kier molecular flexibility index (Phi) is 4.62. The lowest BCUT2D eigenvalue weighted by Crippen LogP contribution is -2.35. The van der Waals surface area contributed by atoms with Gasteiger partial charge in [0.15, 0.2) is 0 Å². The molecular weight excluding hydrogens is 278 g/mol. The lowest BCUT2D eigenvalue weighted by molar-refractivity contribution is -0.118. The van der Waals surface area contributed by atoms with Gasteiger partial charge in [0, 0.05) is 18.7 Å². The van der Waals surface area contributed by atoms with E-state index >= 15 is 0 Å². The van der Waals surface area contributed by atoms with Gasteiger partial charge < -0.3 is 15.5 Å². The predicted octanol–water partition coefficient (Wildman–Crippen LogP) is 2.01. The Labute approximate surface area is 123 Å². The highest BCUT2D eigenvalue weighted by atomic mass is 35.5. The molecule has 0 saturated carbocycles. The summed E-state index contributed by atoms with van der Waals surface area (Å²) in [6.45, 7) is 2.47. The average molecular weight is 296 g/mol. The van der Waals surface area contributed by atoms with Crippen molar-refractivity contribution in [2.24, 2.45) is 0 Å². The van der Waals surface area contributed by atoms with E-state index in [4.69, 9.17) is 11.6 Å². The summed E-state index contributed by atoms with van der Waals surface area (Å²) in [6.07, 6.45) is 1.42. The van der Waals surface area contributed by atoms with Crippen molar-refractivity contribution in [3.8, 4) is 0 Å². The molecule has 1 aromatic carbocycles. The summed E-state index contributed by atoms with van der Waals surface area (Å²) < 4.78 is 0. The highest BCUT2D eigenvalue weighted by Crippen LogP contribution is 2.31. The highest BCUT2D eigenvalue weighted by molar-refractivity contribution is 6.34. The molecule has 1 fully saturated rings. The SMILES string of the molecule is CNC(C)C(=O)Nc1ccc(N2CCCC2=O)c(Cl)c1. The zero-order chi connectivity index (χ0) is 14.7. The van der Waals surface area contributed by atoms with Crippen molar-refractivity contribution < 1.29 is 9.59 Å². The van der Waals surface area contributed by atoms with Gasteiger partial charge in [-0.3, -0.25) is 9.59 Å². The van der Waals surface area contributed by atoms with Gasteiger partial charge in [0.1, 0.15) is 0 Å². The number of rotatable bonds is 4. The zero-order valence-electron chi connectivity index (χ0n) is 11.6. The van der Waals surface area contributed by atoms with Crippen molar-refractivity contribution in [2.45, 2.75) is 25.8 Å². The van der Waals surface area contributed by atoms with Gasteiger partial charge >= 0.3 is 0 Å². The highest BCUT2D eigenvalue weighted by Gasteiger charge is 2.23. The molecule has 1 unspecified atom stereocenters. The Morgan fingerprint density at radius 1 is 1.45 bits per heavy atom. The van der Waals surface area contributed by atoms with Gasteiger partial charge in [-0.2, -0.15) is 0 Å². The second-order valence-corrected chi connectivity index (χ2v) is 5.22. The Hall–Kier alpha value is -1.59. The molecule has 2 amide bonds. The van der Waals surface area contributed by atoms with E-state index in [0.717, 1.165) is 6.42 Å². The predicted molar refractivity (Wildman–Crippen MR) is 80.2 cm³/mol. The number of nitrogens with zero attached hydrogens (tertiary/aromatic N) is 1. The standard InChI is InChI=1S/C14H18ClN3O2/c1-9(16-2)14(20)17-10-5-6-12(11(15)8-10)18-7-3-4-13(18)19/h5-6,8-9,16H,3-4,7H2,1-2H3,(H,17,20). The van der Waals surface area contributed by atoms with Crippen LogP contribution in [0, 0.1) is 0 Å². The van der Waals surface area contributed by atoms with E-state index in [1.54, 1.807) is 37.1 Å². The van der Waals surface area contributed by atoms with Gasteiger partial charge in [0.25, 0.3) is 0 Å². The third-order valence-electron chi connectivity index (χ3n) is 3.41. The van der Waals surface area contributed by atoms with E-state index in [1.807, 2.05) is 0 Å². The molecule has 1 aromatic rings. The number of benzene rings is 1. The first-order valence-electron chi connectivity index (χ1n) is 6.61. The number of halogens is 1. The van der Waals surface area contributed by atoms with Gasteiger partial charge in [-0.15, -0.1) is 0 Å². The molecule has 1 atom stereocenters. The Morgan fingerprint density at radius 3 is 2.75 bits per heavy atom. The smallest absolute Gasteiger partial charge is 0.241 e. The summed E-state index contributed by atoms with van der Waals surface area (Å²) in [5.41, 5.74) is 1.33. The molecule has 2 rings (SSSR count). The Balaban J connectivity index is 2.13. The molecular formula is C14H18ClN3O2. The Morgan fingerprint density at radius 2 is 2.20 bits per heavy atom. The third kappa shape index (κ3) is 3.11. The monoisotopic (exact) mass is 295 g/mol. The molecule has 0 bridgehead atoms. The quantitative estimate of drug-likeness (QED) is 0.893. The minimum atomic E-state index is -0.284. The molecule has 6 heteroatoms. The maximum Gasteiger partial charge on any atom is 0.241 e. The summed E-state index contributed by atoms with van der Waals surface area (Å²) in [5.74, 6) is -0.0407. The van der Waals surface area contributed by atoms with Crippen LogP contribution in [0.15, 0.2) is 18.2 Å². The van der Waals surface area contributed by atoms with Crippen LogP contribution in [0.25, 0.3) is 0 Å². The first-order valence-corrected chi connectivity index (χ1v) is 6.98. The molecule has 1 saturated heterocycles. The molecule has 0 aromatic heterocycles. The van der Waals surface area contributed by atoms with Crippen molar-refractivity contribution in [1.29, 1.82) is 0 Å². The summed E-state index contributed by atoms with van der Waals surface area (Å²) in [4.78, 5) is 25.2. The summed E-state index contributed by atoms with van der Waals surface area (Å²) in [5, 5.41) is 6.10. The fourth-order valence-corrected chi connectivity index (χ4v) is 2.37. The van der Waals surface area contributed by atoms with Crippen LogP contribution in [0.2, 0.25) is 5.02 Å². The summed E-state index contributed by atoms with van der Waals surface area (Å²) >= 11 is 6.21. The van der Waals surface area contributed by atoms with Gasteiger partial charge in [0.05, 0.1) is 16.8 Å². The van der Waals surface area contributed by atoms with Crippen LogP contribution in [0.3, 0.4) is 0 Å². The van der Waals surface area contributed by atoms with E-state index in [1.165, 1.54) is 0 Å². The van der Waals surface area contributed by atoms with Crippen molar-refractivity contribution >= 4 is 34.8 Å². The van der Waals surface area contributed by atoms with E-state index in [0.29, 0.717) is 29.4 Å². The number of amides is 2. The molecule has 20 heavy (non-hydrogen) atoms. The molecule has 5 nitrogen and oxygen atoms in total. The van der Waals surface area contributed by atoms with Gasteiger partial charge in [-0.05, 0) is 38.6 Å². The maximum absolute atomic E-state index is 11.8. The maximum atomic E-state index is 11.8. The molecule has 108 valence electrons. The van der Waals surface area contributed by atoms with Gasteiger partial charge in [0.2, 0.25) is 11.8 Å². The molecule has 0 aliphatic carbocycles. The second kappa shape index (κ2) is 6.24. The second-order valence-electron chi connectivity index (χ2n) is 4.81. The first kappa shape index (κ1) is 14.8. The fraction of sp³-hybridized carbons (Fsp3) is 0.429. The van der Waals surface area contributed by atoms with Crippen LogP contribution in [-0.4, -0.2) is 31.4 Å². The minimum absolute atomic E-state index is 0.0903. The van der Waals surface area contributed by atoms with E-state index in [9.17, 15) is 9.59 Å².